The van der Waals surface area contributed by atoms with Crippen molar-refractivity contribution in [2.75, 3.05) is 64.7 Å². The van der Waals surface area contributed by atoms with Gasteiger partial charge in [0.05, 0.1) is 6.54 Å². The average molecular weight is 484 g/mol. The zero-order chi connectivity index (χ0) is 17.4. The monoisotopic (exact) mass is 483 g/mol. The number of guanidine groups is 1. The number of nitrogens with zero attached hydrogens (tertiary/aromatic N) is 4. The molecule has 0 radical (unpaired) electrons. The fraction of sp³-hybridized carbons (Fsp3) is 0.944. The second-order valence-corrected chi connectivity index (χ2v) is 8.27. The van der Waals surface area contributed by atoms with E-state index in [0.717, 1.165) is 37.4 Å². The number of rotatable bonds is 6. The first kappa shape index (κ1) is 23.3. The van der Waals surface area contributed by atoms with Gasteiger partial charge in [0.25, 0.3) is 0 Å². The third-order valence-electron chi connectivity index (χ3n) is 5.21. The van der Waals surface area contributed by atoms with Gasteiger partial charge in [-0.15, -0.1) is 24.0 Å². The lowest BCUT2D eigenvalue weighted by molar-refractivity contribution is 0.109. The van der Waals surface area contributed by atoms with Crippen molar-refractivity contribution in [3.05, 3.63) is 0 Å². The van der Waals surface area contributed by atoms with Gasteiger partial charge in [-0.25, -0.2) is 0 Å². The van der Waals surface area contributed by atoms with Crippen LogP contribution in [0.15, 0.2) is 4.99 Å². The Morgan fingerprint density at radius 3 is 2.48 bits per heavy atom. The Morgan fingerprint density at radius 2 is 1.88 bits per heavy atom. The van der Waals surface area contributed by atoms with E-state index in [1.165, 1.54) is 44.9 Å². The Bertz CT molecular complexity index is 388. The van der Waals surface area contributed by atoms with Gasteiger partial charge >= 0.3 is 0 Å². The Morgan fingerprint density at radius 1 is 1.16 bits per heavy atom. The summed E-state index contributed by atoms with van der Waals surface area (Å²) in [6.45, 7) is 19.1. The summed E-state index contributed by atoms with van der Waals surface area (Å²) in [5, 5.41) is 4.26. The molecule has 2 aliphatic rings. The van der Waals surface area contributed by atoms with E-state index >= 15 is 0 Å². The lowest BCUT2D eigenvalue weighted by Crippen LogP contribution is -2.51. The number of hydrogen-bond acceptors (Lipinski definition) is 4. The third-order valence-corrected chi connectivity index (χ3v) is 6.58. The summed E-state index contributed by atoms with van der Waals surface area (Å²) < 4.78 is 0. The van der Waals surface area contributed by atoms with Gasteiger partial charge in [0.15, 0.2) is 5.96 Å². The molecule has 2 saturated heterocycles. The van der Waals surface area contributed by atoms with E-state index in [-0.39, 0.29) is 24.0 Å². The van der Waals surface area contributed by atoms with Gasteiger partial charge < -0.3 is 15.1 Å². The van der Waals surface area contributed by atoms with Crippen LogP contribution in [-0.4, -0.2) is 96.6 Å². The summed E-state index contributed by atoms with van der Waals surface area (Å²) in [5.41, 5.74) is 0. The van der Waals surface area contributed by atoms with E-state index in [9.17, 15) is 0 Å². The first-order valence-electron chi connectivity index (χ1n) is 9.79. The molecule has 1 N–H and O–H groups in total. The van der Waals surface area contributed by atoms with Gasteiger partial charge in [-0.3, -0.25) is 9.89 Å². The number of nitrogens with one attached hydrogen (secondary N) is 1. The Balaban J connectivity index is 0.00000312. The second kappa shape index (κ2) is 12.6. The molecule has 7 heteroatoms. The number of aliphatic imine (C=N–C) groups is 1. The van der Waals surface area contributed by atoms with Gasteiger partial charge in [0.1, 0.15) is 0 Å². The van der Waals surface area contributed by atoms with Crippen LogP contribution >= 0.6 is 35.7 Å². The van der Waals surface area contributed by atoms with Crippen LogP contribution in [0.4, 0.5) is 0 Å². The predicted octanol–water partition coefficient (Wildman–Crippen LogP) is 2.42. The molecule has 2 atom stereocenters. The minimum atomic E-state index is 0. The minimum Gasteiger partial charge on any atom is -0.357 e. The molecule has 0 saturated carbocycles. The highest BCUT2D eigenvalue weighted by molar-refractivity contribution is 14.0. The van der Waals surface area contributed by atoms with E-state index in [4.69, 9.17) is 4.99 Å². The van der Waals surface area contributed by atoms with Crippen molar-refractivity contribution >= 4 is 41.7 Å². The summed E-state index contributed by atoms with van der Waals surface area (Å²) in [5.74, 6) is 2.34. The normalized spacial score (nSPS) is 24.7. The SMILES string of the molecule is CCNC(=NCC(C)N1CCN(CC)CC1)N1CCSC(CC)C1.I. The fourth-order valence-corrected chi connectivity index (χ4v) is 4.62. The van der Waals surface area contributed by atoms with Crippen molar-refractivity contribution in [2.24, 2.45) is 4.99 Å². The number of halogens is 1. The van der Waals surface area contributed by atoms with Crippen LogP contribution in [-0.2, 0) is 0 Å². The third kappa shape index (κ3) is 7.42. The highest BCUT2D eigenvalue weighted by Crippen LogP contribution is 2.21. The topological polar surface area (TPSA) is 34.1 Å². The molecule has 148 valence electrons. The molecule has 2 heterocycles. The van der Waals surface area contributed by atoms with E-state index < -0.39 is 0 Å². The summed E-state index contributed by atoms with van der Waals surface area (Å²) in [6, 6.07) is 0.527. The maximum absolute atomic E-state index is 4.99. The molecular weight excluding hydrogens is 445 g/mol. The molecule has 0 amide bonds. The average Bonchev–Trinajstić information content (AvgIpc) is 2.65. The first-order valence-corrected chi connectivity index (χ1v) is 10.8. The Labute approximate surface area is 176 Å². The van der Waals surface area contributed by atoms with Gasteiger partial charge in [0.2, 0.25) is 0 Å². The van der Waals surface area contributed by atoms with Gasteiger partial charge in [-0.05, 0) is 26.8 Å². The quantitative estimate of drug-likeness (QED) is 0.357. The van der Waals surface area contributed by atoms with E-state index in [1.54, 1.807) is 0 Å². The second-order valence-electron chi connectivity index (χ2n) is 6.86. The fourth-order valence-electron chi connectivity index (χ4n) is 3.44. The van der Waals surface area contributed by atoms with Crippen molar-refractivity contribution < 1.29 is 0 Å². The van der Waals surface area contributed by atoms with Crippen LogP contribution in [0.2, 0.25) is 0 Å². The number of likely N-dealkylation sites (N-methyl/N-ethyl adjacent to an activating group) is 1. The van der Waals surface area contributed by atoms with Crippen molar-refractivity contribution in [1.82, 2.24) is 20.0 Å². The molecule has 25 heavy (non-hydrogen) atoms. The predicted molar refractivity (Wildman–Crippen MR) is 123 cm³/mol. The summed E-state index contributed by atoms with van der Waals surface area (Å²) in [7, 11) is 0. The zero-order valence-corrected chi connectivity index (χ0v) is 19.7. The maximum Gasteiger partial charge on any atom is 0.194 e. The summed E-state index contributed by atoms with van der Waals surface area (Å²) in [4.78, 5) is 12.6. The zero-order valence-electron chi connectivity index (χ0n) is 16.5. The Kier molecular flexibility index (Phi) is 11.8. The lowest BCUT2D eigenvalue weighted by atomic mass is 10.2. The van der Waals surface area contributed by atoms with Crippen molar-refractivity contribution in [2.45, 2.75) is 45.4 Å². The largest absolute Gasteiger partial charge is 0.357 e. The molecule has 2 rings (SSSR count). The molecule has 0 spiro atoms. The van der Waals surface area contributed by atoms with Crippen molar-refractivity contribution in [3.8, 4) is 0 Å². The number of thioether (sulfide) groups is 1. The van der Waals surface area contributed by atoms with Crippen LogP contribution < -0.4 is 5.32 Å². The van der Waals surface area contributed by atoms with Crippen molar-refractivity contribution in [3.63, 3.8) is 0 Å². The molecule has 0 bridgehead atoms. The Hall–Kier alpha value is 0.270. The smallest absolute Gasteiger partial charge is 0.194 e. The van der Waals surface area contributed by atoms with Gasteiger partial charge in [-0.2, -0.15) is 11.8 Å². The first-order chi connectivity index (χ1) is 11.7. The highest BCUT2D eigenvalue weighted by atomic mass is 127. The van der Waals surface area contributed by atoms with E-state index in [0.29, 0.717) is 6.04 Å². The molecule has 0 aromatic heterocycles. The van der Waals surface area contributed by atoms with Crippen LogP contribution in [0.25, 0.3) is 0 Å². The van der Waals surface area contributed by atoms with Crippen LogP contribution in [0.5, 0.6) is 0 Å². The van der Waals surface area contributed by atoms with E-state index in [2.05, 4.69) is 59.5 Å². The van der Waals surface area contributed by atoms with Crippen LogP contribution in [0, 0.1) is 0 Å². The van der Waals surface area contributed by atoms with E-state index in [1.807, 2.05) is 0 Å². The summed E-state index contributed by atoms with van der Waals surface area (Å²) in [6.07, 6.45) is 1.25. The molecular formula is C18H38IN5S. The van der Waals surface area contributed by atoms with Crippen LogP contribution in [0.3, 0.4) is 0 Å². The molecule has 2 aliphatic heterocycles. The molecule has 0 aromatic rings. The molecule has 2 fully saturated rings. The standard InChI is InChI=1S/C18H37N5S.HI/c1-5-17-15-23(12-13-24-17)18(19-6-2)20-14-16(4)22-10-8-21(7-3)9-11-22;/h16-17H,5-15H2,1-4H3,(H,19,20);1H. The lowest BCUT2D eigenvalue weighted by Gasteiger charge is -2.37. The molecule has 5 nitrogen and oxygen atoms in total. The highest BCUT2D eigenvalue weighted by Gasteiger charge is 2.23. The van der Waals surface area contributed by atoms with Crippen LogP contribution in [0.1, 0.15) is 34.1 Å². The van der Waals surface area contributed by atoms with Crippen molar-refractivity contribution in [1.29, 1.82) is 0 Å². The number of piperazine rings is 1. The molecule has 0 aliphatic carbocycles. The van der Waals surface area contributed by atoms with Gasteiger partial charge in [0, 0.05) is 62.9 Å². The minimum absolute atomic E-state index is 0. The van der Waals surface area contributed by atoms with Gasteiger partial charge in [-0.1, -0.05) is 13.8 Å². The summed E-state index contributed by atoms with van der Waals surface area (Å²) >= 11 is 2.11. The molecule has 0 aromatic carbocycles. The molecule has 2 unspecified atom stereocenters. The number of hydrogen-bond donors (Lipinski definition) is 1. The maximum atomic E-state index is 4.99.